The van der Waals surface area contributed by atoms with E-state index in [0.29, 0.717) is 102 Å². The van der Waals surface area contributed by atoms with Gasteiger partial charge in [-0.3, -0.25) is 72.0 Å². The average Bonchev–Trinajstić information content (AvgIpc) is 0.946. The number of anilines is 7. The molecule has 17 rings (SSSR count). The Morgan fingerprint density at radius 3 is 1.35 bits per heavy atom. The Labute approximate surface area is 796 Å². The van der Waals surface area contributed by atoms with Crippen molar-refractivity contribution in [1.29, 1.82) is 0 Å². The Kier molecular flexibility index (Phi) is 35.4. The number of nitrogen functional groups attached to an aromatic ring is 1. The summed E-state index contributed by atoms with van der Waals surface area (Å²) < 4.78 is 59.3. The van der Waals surface area contributed by atoms with Gasteiger partial charge in [0.2, 0.25) is 0 Å². The number of halogens is 4. The van der Waals surface area contributed by atoms with E-state index in [1.807, 2.05) is 63.8 Å². The number of benzene rings is 1. The van der Waals surface area contributed by atoms with Crippen LogP contribution in [0.3, 0.4) is 0 Å². The molecule has 0 atom stereocenters. The number of nitro groups is 1. The third kappa shape index (κ3) is 26.2. The molecule has 0 radical (unpaired) electrons. The molecular weight excluding hydrogens is 1930 g/mol. The number of aromatic nitrogens is 17. The van der Waals surface area contributed by atoms with Crippen LogP contribution in [0.1, 0.15) is 65.2 Å². The lowest BCUT2D eigenvalue weighted by molar-refractivity contribution is -0.389. The van der Waals surface area contributed by atoms with Gasteiger partial charge in [0.15, 0.2) is 29.6 Å². The van der Waals surface area contributed by atoms with Gasteiger partial charge in [0, 0.05) is 243 Å². The van der Waals surface area contributed by atoms with Gasteiger partial charge in [-0.25, -0.2) is 9.37 Å². The van der Waals surface area contributed by atoms with Crippen LogP contribution in [0, 0.1) is 15.9 Å². The van der Waals surface area contributed by atoms with Crippen LogP contribution in [0.5, 0.6) is 0 Å². The minimum Gasteiger partial charge on any atom is -0.423 e. The third-order valence-electron chi connectivity index (χ3n) is 22.7. The Bertz CT molecular complexity index is 6410. The largest absolute Gasteiger partial charge is 0.490 e. The van der Waals surface area contributed by atoms with Crippen molar-refractivity contribution >= 4 is 124 Å². The molecule has 1 aromatic carbocycles. The fourth-order valence-electron chi connectivity index (χ4n) is 15.5. The van der Waals surface area contributed by atoms with Crippen molar-refractivity contribution in [2.24, 2.45) is 28.2 Å². The van der Waals surface area contributed by atoms with E-state index < -0.39 is 23.4 Å². The zero-order chi connectivity index (χ0) is 96.4. The molecule has 134 heavy (non-hydrogen) atoms. The van der Waals surface area contributed by atoms with Crippen molar-refractivity contribution in [3.8, 4) is 16.9 Å². The molecule has 0 saturated heterocycles. The van der Waals surface area contributed by atoms with Crippen LogP contribution in [-0.4, -0.2) is 269 Å². The van der Waals surface area contributed by atoms with E-state index in [4.69, 9.17) is 29.4 Å². The highest BCUT2D eigenvalue weighted by molar-refractivity contribution is 9.11. The number of carbonyl (C=O) groups is 1. The minimum atomic E-state index is -1.64. The molecule has 0 amide bonds. The molecule has 11 aromatic heterocycles. The number of pyridine rings is 5. The van der Waals surface area contributed by atoms with Gasteiger partial charge in [-0.2, -0.15) is 34.9 Å². The lowest BCUT2D eigenvalue weighted by atomic mass is 9.81. The maximum absolute atomic E-state index is 15.3. The summed E-state index contributed by atoms with van der Waals surface area (Å²) in [5.41, 5.74) is 12.1. The molecule has 0 saturated carbocycles. The van der Waals surface area contributed by atoms with Crippen LogP contribution < -0.4 is 54.9 Å². The predicted octanol–water partition coefficient (Wildman–Crippen LogP) is 5.91. The first kappa shape index (κ1) is 102. The van der Waals surface area contributed by atoms with Gasteiger partial charge in [-0.05, 0) is 112 Å². The van der Waals surface area contributed by atoms with E-state index >= 15 is 4.39 Å². The second-order valence-electron chi connectivity index (χ2n) is 33.4. The summed E-state index contributed by atoms with van der Waals surface area (Å²) in [6.45, 7) is 26.3. The van der Waals surface area contributed by atoms with E-state index in [1.54, 1.807) is 123 Å². The Balaban J connectivity index is 0.000000156. The monoisotopic (exact) mass is 2040 g/mol. The highest BCUT2D eigenvalue weighted by Crippen LogP contribution is 2.32. The Hall–Kier alpha value is -11.4. The first-order chi connectivity index (χ1) is 64.1. The molecule has 7 N–H and O–H groups in total. The molecule has 0 spiro atoms. The molecule has 0 aliphatic carbocycles. The second-order valence-corrected chi connectivity index (χ2v) is 36.1. The molecule has 0 fully saturated rings. The van der Waals surface area contributed by atoms with Gasteiger partial charge in [0.1, 0.15) is 28.7 Å². The molecule has 0 bridgehead atoms. The van der Waals surface area contributed by atoms with Crippen molar-refractivity contribution in [2.45, 2.75) is 91.6 Å². The molecule has 0 unspecified atom stereocenters. The maximum Gasteiger partial charge on any atom is 0.490 e. The van der Waals surface area contributed by atoms with E-state index in [9.17, 15) is 48.9 Å². The van der Waals surface area contributed by atoms with Crippen LogP contribution in [0.25, 0.3) is 27.7 Å². The lowest BCUT2D eigenvalue weighted by Gasteiger charge is -2.26. The molecule has 42 nitrogen and oxygen atoms in total. The number of hydrogen-bond donors (Lipinski definition) is 6. The summed E-state index contributed by atoms with van der Waals surface area (Å²) in [5.74, 6) is 1.60. The van der Waals surface area contributed by atoms with Crippen LogP contribution >= 0.6 is 47.8 Å². The first-order valence-corrected chi connectivity index (χ1v) is 45.4. The summed E-state index contributed by atoms with van der Waals surface area (Å²) >= 11 is 9.80. The number of rotatable bonds is 26. The van der Waals surface area contributed by atoms with Crippen molar-refractivity contribution in [2.75, 3.05) is 156 Å². The van der Waals surface area contributed by atoms with E-state index in [-0.39, 0.29) is 67.1 Å². The average molecular weight is 2050 g/mol. The molecule has 5 aliphatic rings. The quantitative estimate of drug-likeness (QED) is 0.0159. The number of nitrogens with two attached hydrogens (primary N) is 1. The first-order valence-electron chi connectivity index (χ1n) is 43.1. The zero-order valence-corrected chi connectivity index (χ0v) is 81.6. The number of fused-ring (bicyclic) bond motifs is 6. The fraction of sp³-hybridized carbons (Fsp3) is 0.437. The van der Waals surface area contributed by atoms with Crippen LogP contribution in [0.2, 0.25) is 0 Å². The maximum atomic E-state index is 15.3. The molecule has 47 heteroatoms. The van der Waals surface area contributed by atoms with E-state index in [0.717, 1.165) is 160 Å². The second kappa shape index (κ2) is 46.7. The van der Waals surface area contributed by atoms with Crippen molar-refractivity contribution in [3.05, 3.63) is 231 Å². The number of methoxy groups -OCH3 is 5. The third-order valence-corrected chi connectivity index (χ3v) is 24.1. The SMILES string of the molecule is COCCN1CCn2nc(N)cc2C1.COCCN1CCn2nc(Nc3cc(-c4ccnc(-n5ncc6cc(C(C)(C)C)cc(F)c6c5=O)c4C=O)cn(C)c3=O)cc2C1.COCCN1CCn2nc(Nc3cc(B(O)O)cn(C)c3=O)cc2C1.COCCN1CCn2nc(Nc3cc(Br)cn(C)c3=O)cc2C1.COCCN1CCn2nc([N+](=O)[O-])cc2C1.Cn1cc(Br)cc(Br)c1=O. The zero-order valence-electron chi connectivity index (χ0n) is 76.8. The van der Waals surface area contributed by atoms with Gasteiger partial charge >= 0.3 is 12.9 Å². The summed E-state index contributed by atoms with van der Waals surface area (Å²) in [6, 6.07) is 20.6. The summed E-state index contributed by atoms with van der Waals surface area (Å²) in [6.07, 6.45) is 9.85. The fourth-order valence-corrected chi connectivity index (χ4v) is 17.4. The lowest BCUT2D eigenvalue weighted by Crippen LogP contribution is -2.35. The smallest absolute Gasteiger partial charge is 0.423 e. The van der Waals surface area contributed by atoms with Gasteiger partial charge in [0.25, 0.3) is 27.8 Å². The normalized spacial score (nSPS) is 14.3. The molecule has 16 heterocycles. The number of aldehydes is 1. The number of carbonyl (C=O) groups excluding carboxylic acids is 1. The van der Waals surface area contributed by atoms with Crippen LogP contribution in [0.15, 0.2) is 147 Å². The van der Waals surface area contributed by atoms with Crippen LogP contribution in [0.4, 0.5) is 50.5 Å². The number of nitrogens with zero attached hydrogens (tertiary/aromatic N) is 23. The van der Waals surface area contributed by atoms with Gasteiger partial charge < -0.3 is 83.8 Å². The highest BCUT2D eigenvalue weighted by atomic mass is 79.9. The molecule has 716 valence electrons. The van der Waals surface area contributed by atoms with Crippen molar-refractivity contribution in [1.82, 2.24) is 106 Å². The summed E-state index contributed by atoms with van der Waals surface area (Å²) in [4.78, 5) is 101. The van der Waals surface area contributed by atoms with Crippen molar-refractivity contribution in [3.63, 3.8) is 0 Å². The minimum absolute atomic E-state index is 0.0248. The summed E-state index contributed by atoms with van der Waals surface area (Å²) in [5, 5.41) is 64.8. The van der Waals surface area contributed by atoms with Gasteiger partial charge in [-0.15, -0.1) is 0 Å². The Morgan fingerprint density at radius 2 is 0.918 bits per heavy atom. The summed E-state index contributed by atoms with van der Waals surface area (Å²) in [7, 11) is 13.4. The van der Waals surface area contributed by atoms with E-state index in [1.165, 1.54) is 54.7 Å². The number of ether oxygens (including phenoxy) is 5. The molecular formula is C87H112BBr3FN27O15. The van der Waals surface area contributed by atoms with Gasteiger partial charge in [-0.1, -0.05) is 20.8 Å². The number of nitrogens with one attached hydrogen (secondary N) is 3. The molecule has 12 aromatic rings. The Morgan fingerprint density at radius 1 is 0.515 bits per heavy atom. The van der Waals surface area contributed by atoms with Crippen LogP contribution in [-0.2, 0) is 123 Å². The van der Waals surface area contributed by atoms with Gasteiger partial charge in [0.05, 0.1) is 127 Å². The standard InChI is InChI=1S/C33H35FN8O4.C15H22BN5O4.C15H20BrN5O2.C9H14N4O3.C9H16N4O.C6H5Br2NO/c1-33(2,3)22-12-20-16-36-42(32(45)29(20)26(34)14-22)30-25(19-43)24(6-7-35-30)21-13-27(31(44)39(4)17-21)37-28-15-23-18-40(10-11-46-5)8-9-41(23)38-28;1-19-9-11(16(23)24)7-13(15(19)22)17-14-8-12-10-20(5-6-25-2)3-4-21(12)18-14;1-19-9-11(16)7-13(15(19)22)17-14-8-12-10-20(5-6-23-2)3-4-21(12)18-14;1-16-5-4-11-2-3-12-8(7-11)6-9(10-12)13(14)15;1-14-5-4-12-2-3-13-8(7-12)6-9(10)11-13;1-9-3-4(7)2-5(8)6(9)10/h6-7,12-17,19H,8-11,18H2,1-5H3,(H,37,38);7-9,23-24H,3-6,10H2,1-2H3,(H,17,18);7-9H,3-6,10H2,1-2H3,(H,17,18);6H,2-5,7H2,1H3;6H,2-5,7H2,1H3,(H2,10,11);2-3H,1H3. The molecule has 5 aliphatic heterocycles. The van der Waals surface area contributed by atoms with E-state index in [2.05, 4.69) is 124 Å². The number of hydrogen-bond acceptors (Lipinski definition) is 31. The number of aryl methyl sites for hydroxylation is 4. The van der Waals surface area contributed by atoms with Crippen molar-refractivity contribution < 1.29 is 47.8 Å². The highest BCUT2D eigenvalue weighted by Gasteiger charge is 2.29. The predicted molar refractivity (Wildman–Crippen MR) is 516 cm³/mol. The topological polar surface area (TPSA) is 450 Å².